The number of benzene rings is 1. The molecule has 1 aliphatic heterocycles. The van der Waals surface area contributed by atoms with Gasteiger partial charge in [-0.1, -0.05) is 18.2 Å². The number of rotatable bonds is 2. The maximum absolute atomic E-state index is 12.0. The van der Waals surface area contributed by atoms with Crippen molar-refractivity contribution >= 4 is 17.8 Å². The maximum atomic E-state index is 12.0. The molecule has 0 saturated heterocycles. The van der Waals surface area contributed by atoms with Crippen molar-refractivity contribution < 1.29 is 14.3 Å². The molecule has 1 heterocycles. The molecule has 2 rings (SSSR count). The van der Waals surface area contributed by atoms with E-state index in [0.717, 1.165) is 11.3 Å². The molecule has 21 heavy (non-hydrogen) atoms. The first-order chi connectivity index (χ1) is 9.76. The van der Waals surface area contributed by atoms with Crippen molar-refractivity contribution in [1.82, 2.24) is 10.2 Å². The van der Waals surface area contributed by atoms with Crippen LogP contribution in [-0.4, -0.2) is 36.2 Å². The predicted molar refractivity (Wildman–Crippen MR) is 80.2 cm³/mol. The van der Waals surface area contributed by atoms with Gasteiger partial charge in [-0.15, -0.1) is 0 Å². The normalized spacial score (nSPS) is 17.3. The van der Waals surface area contributed by atoms with Gasteiger partial charge in [-0.2, -0.15) is 0 Å². The van der Waals surface area contributed by atoms with Gasteiger partial charge in [0.15, 0.2) is 0 Å². The molecule has 1 unspecified atom stereocenters. The smallest absolute Gasteiger partial charge is 0.410 e. The molecule has 0 radical (unpaired) electrons. The highest BCUT2D eigenvalue weighted by Gasteiger charge is 2.27. The van der Waals surface area contributed by atoms with E-state index in [1.807, 2.05) is 45.0 Å². The Hall–Kier alpha value is -2.24. The zero-order valence-corrected chi connectivity index (χ0v) is 12.8. The third-order valence-corrected chi connectivity index (χ3v) is 3.05. The number of likely N-dealkylation sites (N-methyl/N-ethyl adjacent to an activating group) is 1. The van der Waals surface area contributed by atoms with E-state index < -0.39 is 11.7 Å². The molecule has 0 spiro atoms. The van der Waals surface area contributed by atoms with Crippen LogP contribution >= 0.6 is 0 Å². The van der Waals surface area contributed by atoms with Gasteiger partial charge in [-0.05, 0) is 32.4 Å². The Balaban J connectivity index is 2.09. The van der Waals surface area contributed by atoms with E-state index in [2.05, 4.69) is 10.6 Å². The second-order valence-electron chi connectivity index (χ2n) is 6.10. The van der Waals surface area contributed by atoms with Crippen LogP contribution in [0.4, 0.5) is 15.3 Å². The number of carbonyl (C=O) groups excluding carboxylic acids is 2. The standard InChI is InChI=1S/C15H21N3O3/c1-15(2,3)21-14(20)18(4)9-12-10-7-5-6-8-11(10)16-13(19)17-12/h5-8,12H,9H2,1-4H3,(H2,16,17,19). The lowest BCUT2D eigenvalue weighted by Gasteiger charge is -2.31. The fourth-order valence-electron chi connectivity index (χ4n) is 2.14. The fourth-order valence-corrected chi connectivity index (χ4v) is 2.14. The fraction of sp³-hybridized carbons (Fsp3) is 0.467. The molecule has 2 N–H and O–H groups in total. The summed E-state index contributed by atoms with van der Waals surface area (Å²) in [7, 11) is 1.66. The molecule has 1 aromatic rings. The molecular formula is C15H21N3O3. The summed E-state index contributed by atoms with van der Waals surface area (Å²) in [6, 6.07) is 7.00. The van der Waals surface area contributed by atoms with Gasteiger partial charge in [0.1, 0.15) is 5.60 Å². The Morgan fingerprint density at radius 3 is 2.67 bits per heavy atom. The number of hydrogen-bond acceptors (Lipinski definition) is 3. The van der Waals surface area contributed by atoms with Gasteiger partial charge in [0, 0.05) is 19.3 Å². The number of hydrogen-bond donors (Lipinski definition) is 2. The van der Waals surface area contributed by atoms with Crippen molar-refractivity contribution in [3.63, 3.8) is 0 Å². The zero-order valence-electron chi connectivity index (χ0n) is 12.8. The molecule has 0 bridgehead atoms. The number of fused-ring (bicyclic) bond motifs is 1. The minimum atomic E-state index is -0.541. The van der Waals surface area contributed by atoms with Crippen LogP contribution in [-0.2, 0) is 4.74 Å². The Labute approximate surface area is 124 Å². The molecule has 1 atom stereocenters. The van der Waals surface area contributed by atoms with Gasteiger partial charge in [0.25, 0.3) is 0 Å². The van der Waals surface area contributed by atoms with Gasteiger partial charge < -0.3 is 20.3 Å². The summed E-state index contributed by atoms with van der Waals surface area (Å²) in [6.07, 6.45) is -0.409. The van der Waals surface area contributed by atoms with E-state index >= 15 is 0 Å². The molecule has 0 saturated carbocycles. The van der Waals surface area contributed by atoms with Gasteiger partial charge in [-0.25, -0.2) is 9.59 Å². The van der Waals surface area contributed by atoms with Crippen LogP contribution in [0.1, 0.15) is 32.4 Å². The minimum absolute atomic E-state index is 0.257. The van der Waals surface area contributed by atoms with E-state index in [9.17, 15) is 9.59 Å². The Morgan fingerprint density at radius 2 is 2.00 bits per heavy atom. The first-order valence-corrected chi connectivity index (χ1v) is 6.87. The molecule has 1 aromatic carbocycles. The van der Waals surface area contributed by atoms with Crippen LogP contribution in [0.3, 0.4) is 0 Å². The number of carbonyl (C=O) groups is 2. The molecular weight excluding hydrogens is 270 g/mol. The number of para-hydroxylation sites is 1. The Bertz CT molecular complexity index is 551. The molecule has 0 aliphatic carbocycles. The summed E-state index contributed by atoms with van der Waals surface area (Å²) in [5.41, 5.74) is 1.18. The third kappa shape index (κ3) is 3.87. The van der Waals surface area contributed by atoms with Gasteiger partial charge in [-0.3, -0.25) is 0 Å². The Morgan fingerprint density at radius 1 is 1.33 bits per heavy atom. The van der Waals surface area contributed by atoms with E-state index in [0.29, 0.717) is 6.54 Å². The number of nitrogens with zero attached hydrogens (tertiary/aromatic N) is 1. The average molecular weight is 291 g/mol. The summed E-state index contributed by atoms with van der Waals surface area (Å²) < 4.78 is 5.31. The third-order valence-electron chi connectivity index (χ3n) is 3.05. The summed E-state index contributed by atoms with van der Waals surface area (Å²) in [5, 5.41) is 5.57. The summed E-state index contributed by atoms with van der Waals surface area (Å²) >= 11 is 0. The lowest BCUT2D eigenvalue weighted by molar-refractivity contribution is 0.0284. The van der Waals surface area contributed by atoms with Crippen LogP contribution < -0.4 is 10.6 Å². The molecule has 0 aromatic heterocycles. The molecule has 6 nitrogen and oxygen atoms in total. The molecule has 114 valence electrons. The zero-order chi connectivity index (χ0) is 15.6. The van der Waals surface area contributed by atoms with E-state index in [1.54, 1.807) is 7.05 Å². The molecule has 1 aliphatic rings. The van der Waals surface area contributed by atoms with E-state index in [1.165, 1.54) is 4.90 Å². The number of anilines is 1. The van der Waals surface area contributed by atoms with Crippen molar-refractivity contribution in [2.45, 2.75) is 32.4 Å². The van der Waals surface area contributed by atoms with Crippen LogP contribution in [0, 0.1) is 0 Å². The first kappa shape index (κ1) is 15.2. The van der Waals surface area contributed by atoms with Crippen LogP contribution in [0.25, 0.3) is 0 Å². The van der Waals surface area contributed by atoms with E-state index in [-0.39, 0.29) is 12.1 Å². The van der Waals surface area contributed by atoms with Crippen LogP contribution in [0.2, 0.25) is 0 Å². The highest BCUT2D eigenvalue weighted by molar-refractivity contribution is 5.93. The minimum Gasteiger partial charge on any atom is -0.444 e. The average Bonchev–Trinajstić information content (AvgIpc) is 2.36. The lowest BCUT2D eigenvalue weighted by atomic mass is 10.0. The van der Waals surface area contributed by atoms with Gasteiger partial charge in [0.2, 0.25) is 0 Å². The second kappa shape index (κ2) is 5.63. The van der Waals surface area contributed by atoms with Crippen molar-refractivity contribution in [2.75, 3.05) is 18.9 Å². The SMILES string of the molecule is CN(CC1NC(=O)Nc2ccccc21)C(=O)OC(C)(C)C. The van der Waals surface area contributed by atoms with Crippen molar-refractivity contribution in [3.05, 3.63) is 29.8 Å². The summed E-state index contributed by atoms with van der Waals surface area (Å²) in [4.78, 5) is 25.1. The van der Waals surface area contributed by atoms with Crippen LogP contribution in [0.5, 0.6) is 0 Å². The highest BCUT2D eigenvalue weighted by Crippen LogP contribution is 2.27. The van der Waals surface area contributed by atoms with E-state index in [4.69, 9.17) is 4.74 Å². The Kier molecular flexibility index (Phi) is 4.06. The summed E-state index contributed by atoms with van der Waals surface area (Å²) in [5.74, 6) is 0. The molecule has 0 fully saturated rings. The van der Waals surface area contributed by atoms with Crippen molar-refractivity contribution in [1.29, 1.82) is 0 Å². The number of nitrogens with one attached hydrogen (secondary N) is 2. The monoisotopic (exact) mass is 291 g/mol. The van der Waals surface area contributed by atoms with Gasteiger partial charge >= 0.3 is 12.1 Å². The number of ether oxygens (including phenoxy) is 1. The molecule has 6 heteroatoms. The second-order valence-corrected chi connectivity index (χ2v) is 6.10. The topological polar surface area (TPSA) is 70.7 Å². The maximum Gasteiger partial charge on any atom is 0.410 e. The predicted octanol–water partition coefficient (Wildman–Crippen LogP) is 2.73. The largest absolute Gasteiger partial charge is 0.444 e. The summed E-state index contributed by atoms with van der Waals surface area (Å²) in [6.45, 7) is 5.81. The van der Waals surface area contributed by atoms with Crippen molar-refractivity contribution in [3.8, 4) is 0 Å². The highest BCUT2D eigenvalue weighted by atomic mass is 16.6. The number of amides is 3. The molecule has 3 amide bonds. The number of urea groups is 1. The first-order valence-electron chi connectivity index (χ1n) is 6.87. The van der Waals surface area contributed by atoms with Gasteiger partial charge in [0.05, 0.1) is 6.04 Å². The van der Waals surface area contributed by atoms with Crippen molar-refractivity contribution in [2.24, 2.45) is 0 Å². The van der Waals surface area contributed by atoms with Crippen LogP contribution in [0.15, 0.2) is 24.3 Å². The quantitative estimate of drug-likeness (QED) is 0.880. The lowest BCUT2D eigenvalue weighted by Crippen LogP contribution is -2.44.